The molecule has 0 heterocycles. The van der Waals surface area contributed by atoms with Crippen molar-refractivity contribution in [2.75, 3.05) is 0 Å². The normalized spacial score (nSPS) is 8.35. The van der Waals surface area contributed by atoms with Gasteiger partial charge in [0, 0.05) is 0 Å². The molecule has 0 unspecified atom stereocenters. The fraction of sp³-hybridized carbons (Fsp3) is 0. The van der Waals surface area contributed by atoms with E-state index in [0.29, 0.717) is 11.1 Å². The molecule has 4 nitrogen and oxygen atoms in total. The van der Waals surface area contributed by atoms with Gasteiger partial charge in [-0.3, -0.25) is 0 Å². The van der Waals surface area contributed by atoms with Gasteiger partial charge in [-0.15, -0.1) is 0 Å². The second kappa shape index (κ2) is 11.4. The summed E-state index contributed by atoms with van der Waals surface area (Å²) < 4.78 is 0. The van der Waals surface area contributed by atoms with Gasteiger partial charge < -0.3 is 10.2 Å². The number of halogens is 1. The van der Waals surface area contributed by atoms with Crippen LogP contribution in [0, 0.1) is 0 Å². The van der Waals surface area contributed by atoms with Gasteiger partial charge in [-0.05, 0) is 24.3 Å². The molecular formula is C14H12AgBrO4. The molecule has 0 bridgehead atoms. The quantitative estimate of drug-likeness (QED) is 0.712. The van der Waals surface area contributed by atoms with Gasteiger partial charge in [0.05, 0.1) is 11.1 Å². The summed E-state index contributed by atoms with van der Waals surface area (Å²) in [6.07, 6.45) is 0. The number of carboxylic acid groups (broad SMARTS) is 2. The van der Waals surface area contributed by atoms with E-state index in [4.69, 9.17) is 10.2 Å². The molecule has 20 heavy (non-hydrogen) atoms. The fourth-order valence-corrected chi connectivity index (χ4v) is 1.16. The molecule has 0 spiro atoms. The van der Waals surface area contributed by atoms with Crippen LogP contribution < -0.4 is 0 Å². The number of hydrogen-bond donors (Lipinski definition) is 2. The zero-order chi connectivity index (χ0) is 15.4. The van der Waals surface area contributed by atoms with E-state index >= 15 is 0 Å². The van der Waals surface area contributed by atoms with Crippen molar-refractivity contribution in [3.05, 3.63) is 71.8 Å². The Labute approximate surface area is 135 Å². The summed E-state index contributed by atoms with van der Waals surface area (Å²) >= 11 is 5.51. The summed E-state index contributed by atoms with van der Waals surface area (Å²) in [6.45, 7) is 0. The van der Waals surface area contributed by atoms with Gasteiger partial charge in [0.15, 0.2) is 0 Å². The fourth-order valence-electron chi connectivity index (χ4n) is 1.16. The molecule has 0 atom stereocenters. The van der Waals surface area contributed by atoms with Gasteiger partial charge in [-0.1, -0.05) is 36.4 Å². The summed E-state index contributed by atoms with van der Waals surface area (Å²) in [5.74, 6) is -1.76. The van der Waals surface area contributed by atoms with Crippen molar-refractivity contribution in [2.45, 2.75) is 0 Å². The van der Waals surface area contributed by atoms with Crippen molar-refractivity contribution >= 4 is 25.0 Å². The van der Waals surface area contributed by atoms with Crippen molar-refractivity contribution in [1.29, 1.82) is 0 Å². The number of hydrogen-bond acceptors (Lipinski definition) is 2. The number of carboxylic acids is 2. The first kappa shape index (κ1) is 18.6. The van der Waals surface area contributed by atoms with E-state index in [2.05, 4.69) is 32.0 Å². The Hall–Kier alpha value is -1.40. The third-order valence-corrected chi connectivity index (χ3v) is 2.04. The van der Waals surface area contributed by atoms with E-state index in [1.807, 2.05) is 0 Å². The predicted octanol–water partition coefficient (Wildman–Crippen LogP) is 3.61. The Morgan fingerprint density at radius 2 is 0.950 bits per heavy atom. The molecule has 0 amide bonds. The molecule has 2 aromatic rings. The van der Waals surface area contributed by atoms with Crippen molar-refractivity contribution in [2.24, 2.45) is 0 Å². The van der Waals surface area contributed by atoms with Crippen molar-refractivity contribution in [3.8, 4) is 0 Å². The molecule has 2 N–H and O–H groups in total. The molecule has 0 aliphatic rings. The van der Waals surface area contributed by atoms with E-state index < -0.39 is 11.9 Å². The third-order valence-electron chi connectivity index (χ3n) is 2.04. The van der Waals surface area contributed by atoms with Crippen molar-refractivity contribution < 1.29 is 38.7 Å². The Morgan fingerprint density at radius 3 is 1.10 bits per heavy atom. The van der Waals surface area contributed by atoms with Crippen LogP contribution in [0.4, 0.5) is 0 Å². The van der Waals surface area contributed by atoms with Crippen LogP contribution in [0.15, 0.2) is 60.7 Å². The molecule has 0 aromatic heterocycles. The molecule has 0 aliphatic heterocycles. The van der Waals surface area contributed by atoms with E-state index in [-0.39, 0.29) is 0 Å². The first-order valence-corrected chi connectivity index (χ1v) is 8.68. The summed E-state index contributed by atoms with van der Waals surface area (Å²) in [5, 5.41) is 16.8. The molecule has 6 heteroatoms. The molecule has 0 fully saturated rings. The van der Waals surface area contributed by atoms with Gasteiger partial charge in [0.2, 0.25) is 0 Å². The molecular weight excluding hydrogens is 420 g/mol. The zero-order valence-corrected chi connectivity index (χ0v) is 13.2. The number of aromatic carboxylic acids is 2. The van der Waals surface area contributed by atoms with Crippen molar-refractivity contribution in [3.63, 3.8) is 0 Å². The van der Waals surface area contributed by atoms with Gasteiger partial charge in [-0.25, -0.2) is 9.59 Å². The molecule has 0 saturated carbocycles. The summed E-state index contributed by atoms with van der Waals surface area (Å²) in [7, 11) is 0. The summed E-state index contributed by atoms with van der Waals surface area (Å²) in [4.78, 5) is 20.4. The minimum absolute atomic E-state index is 0.331. The SMILES string of the molecule is O=C(O)c1ccccc1.O=C(O)c1ccccc1.[Br][Ag]. The van der Waals surface area contributed by atoms with E-state index in [1.165, 1.54) is 0 Å². The topological polar surface area (TPSA) is 74.6 Å². The Kier molecular flexibility index (Phi) is 10.6. The first-order chi connectivity index (χ1) is 9.61. The predicted molar refractivity (Wildman–Crippen MR) is 75.7 cm³/mol. The second-order valence-electron chi connectivity index (χ2n) is 3.34. The van der Waals surface area contributed by atoms with Crippen LogP contribution in [0.5, 0.6) is 0 Å². The second-order valence-corrected chi connectivity index (χ2v) is 3.34. The molecule has 110 valence electrons. The van der Waals surface area contributed by atoms with E-state index in [9.17, 15) is 9.59 Å². The van der Waals surface area contributed by atoms with Crippen LogP contribution in [0.2, 0.25) is 0 Å². The molecule has 0 radical (unpaired) electrons. The molecule has 2 rings (SSSR count). The standard InChI is InChI=1S/2C7H6O2.Ag.BrH/c2*8-7(9)6-4-2-1-3-5-6;;/h2*1-5H,(H,8,9);;1H/q;;+1;/p-1. The Morgan fingerprint density at radius 1 is 0.700 bits per heavy atom. The molecule has 2 aromatic carbocycles. The molecule has 0 saturated heterocycles. The maximum atomic E-state index is 10.2. The van der Waals surface area contributed by atoms with Crippen LogP contribution in [-0.4, -0.2) is 22.2 Å². The zero-order valence-electron chi connectivity index (χ0n) is 10.2. The monoisotopic (exact) mass is 430 g/mol. The van der Waals surface area contributed by atoms with Crippen LogP contribution >= 0.6 is 13.0 Å². The van der Waals surface area contributed by atoms with E-state index in [0.717, 1.165) is 0 Å². The van der Waals surface area contributed by atoms with Gasteiger partial charge in [0.1, 0.15) is 0 Å². The van der Waals surface area contributed by atoms with Gasteiger partial charge in [0.25, 0.3) is 0 Å². The van der Waals surface area contributed by atoms with Crippen LogP contribution in [-0.2, 0) is 18.9 Å². The molecule has 0 aliphatic carbocycles. The Bertz CT molecular complexity index is 468. The number of carbonyl (C=O) groups is 2. The first-order valence-electron chi connectivity index (χ1n) is 5.29. The van der Waals surface area contributed by atoms with Gasteiger partial charge in [-0.2, -0.15) is 0 Å². The summed E-state index contributed by atoms with van der Waals surface area (Å²) in [6, 6.07) is 16.6. The average molecular weight is 432 g/mol. The number of rotatable bonds is 2. The van der Waals surface area contributed by atoms with Gasteiger partial charge >= 0.3 is 43.9 Å². The van der Waals surface area contributed by atoms with Crippen LogP contribution in [0.1, 0.15) is 20.7 Å². The van der Waals surface area contributed by atoms with Crippen molar-refractivity contribution in [1.82, 2.24) is 0 Å². The average Bonchev–Trinajstić information content (AvgIpc) is 2.51. The van der Waals surface area contributed by atoms with E-state index in [1.54, 1.807) is 60.7 Å². The Balaban J connectivity index is 0.000000321. The van der Waals surface area contributed by atoms with Crippen LogP contribution in [0.3, 0.4) is 0 Å². The summed E-state index contributed by atoms with van der Waals surface area (Å²) in [5.41, 5.74) is 0.662. The van der Waals surface area contributed by atoms with Crippen LogP contribution in [0.25, 0.3) is 0 Å². The third kappa shape index (κ3) is 7.91. The number of benzene rings is 2. The maximum absolute atomic E-state index is 10.2. The minimum atomic E-state index is -0.879.